The molecule has 1 aliphatic rings. The van der Waals surface area contributed by atoms with Crippen molar-refractivity contribution in [2.75, 3.05) is 5.75 Å². The maximum Gasteiger partial charge on any atom is 0.328 e. The third kappa shape index (κ3) is 2.68. The van der Waals surface area contributed by atoms with E-state index in [9.17, 15) is 19.5 Å². The number of carbonyl (C=O) groups is 2. The summed E-state index contributed by atoms with van der Waals surface area (Å²) < 4.78 is 1.37. The first-order chi connectivity index (χ1) is 9.41. The van der Waals surface area contributed by atoms with Gasteiger partial charge in [-0.1, -0.05) is 11.8 Å². The molecule has 0 aliphatic carbocycles. The fourth-order valence-electron chi connectivity index (χ4n) is 1.78. The largest absolute Gasteiger partial charge is 0.480 e. The minimum atomic E-state index is -1.48. The molecule has 2 heterocycles. The molecule has 2 rings (SSSR count). The molecule has 0 saturated carbocycles. The van der Waals surface area contributed by atoms with Gasteiger partial charge in [0.05, 0.1) is 6.10 Å². The van der Waals surface area contributed by atoms with Crippen molar-refractivity contribution in [2.24, 2.45) is 0 Å². The summed E-state index contributed by atoms with van der Waals surface area (Å²) in [4.78, 5) is 38.9. The van der Waals surface area contributed by atoms with E-state index in [4.69, 9.17) is 5.11 Å². The molecule has 3 N–H and O–H groups in total. The fraction of sp³-hybridized carbons (Fsp3) is 0.455. The molecule has 9 heteroatoms. The number of rotatable bonds is 4. The van der Waals surface area contributed by atoms with E-state index >= 15 is 0 Å². The highest BCUT2D eigenvalue weighted by Gasteiger charge is 2.27. The zero-order valence-electron chi connectivity index (χ0n) is 10.6. The Labute approximate surface area is 117 Å². The fourth-order valence-corrected chi connectivity index (χ4v) is 2.69. The monoisotopic (exact) mass is 299 g/mol. The van der Waals surface area contributed by atoms with E-state index in [2.05, 4.69) is 10.3 Å². The number of aliphatic hydroxyl groups excluding tert-OH is 1. The standard InChI is InChI=1S/C11H13N3O5S/c1-5(15)7(10(18)19)13-8(16)6-4-12-11-14(9(6)17)2-3-20-11/h4-5,7,15H,2-3H2,1H3,(H,13,16)(H,18,19)/t5-,7+/m1/s1. The zero-order chi connectivity index (χ0) is 14.9. The quantitative estimate of drug-likeness (QED) is 0.604. The minimum absolute atomic E-state index is 0.233. The van der Waals surface area contributed by atoms with Gasteiger partial charge in [0.15, 0.2) is 11.2 Å². The predicted octanol–water partition coefficient (Wildman–Crippen LogP) is -1.09. The highest BCUT2D eigenvalue weighted by Crippen LogP contribution is 2.20. The SMILES string of the molecule is C[C@@H](O)[C@H](NC(=O)c1cnc2n(c1=O)CCS2)C(=O)O. The third-order valence-electron chi connectivity index (χ3n) is 2.84. The van der Waals surface area contributed by atoms with Crippen LogP contribution in [0.3, 0.4) is 0 Å². The molecule has 1 amide bonds. The van der Waals surface area contributed by atoms with Crippen LogP contribution in [0, 0.1) is 0 Å². The summed E-state index contributed by atoms with van der Waals surface area (Å²) in [6, 6.07) is -1.48. The van der Waals surface area contributed by atoms with Crippen molar-refractivity contribution in [3.63, 3.8) is 0 Å². The van der Waals surface area contributed by atoms with E-state index in [0.717, 1.165) is 6.20 Å². The molecule has 1 aliphatic heterocycles. The number of aliphatic carboxylic acids is 1. The van der Waals surface area contributed by atoms with Gasteiger partial charge in [0.25, 0.3) is 11.5 Å². The average molecular weight is 299 g/mol. The van der Waals surface area contributed by atoms with Gasteiger partial charge in [-0.05, 0) is 6.92 Å². The molecule has 1 aromatic rings. The van der Waals surface area contributed by atoms with E-state index in [-0.39, 0.29) is 5.56 Å². The molecule has 1 aromatic heterocycles. The average Bonchev–Trinajstić information content (AvgIpc) is 2.84. The van der Waals surface area contributed by atoms with Gasteiger partial charge in [-0.25, -0.2) is 9.78 Å². The predicted molar refractivity (Wildman–Crippen MR) is 69.8 cm³/mol. The third-order valence-corrected chi connectivity index (χ3v) is 3.81. The lowest BCUT2D eigenvalue weighted by Gasteiger charge is -2.16. The first-order valence-corrected chi connectivity index (χ1v) is 6.84. The van der Waals surface area contributed by atoms with Crippen LogP contribution in [0.1, 0.15) is 17.3 Å². The number of carboxylic acids is 1. The maximum atomic E-state index is 12.1. The second-order valence-electron chi connectivity index (χ2n) is 4.29. The van der Waals surface area contributed by atoms with Crippen LogP contribution in [-0.4, -0.2) is 49.5 Å². The summed E-state index contributed by atoms with van der Waals surface area (Å²) in [6.45, 7) is 1.70. The summed E-state index contributed by atoms with van der Waals surface area (Å²) in [5.41, 5.74) is -0.740. The van der Waals surface area contributed by atoms with Crippen molar-refractivity contribution in [2.45, 2.75) is 30.8 Å². The van der Waals surface area contributed by atoms with E-state index in [1.54, 1.807) is 0 Å². The molecular formula is C11H13N3O5S. The molecule has 108 valence electrons. The first kappa shape index (κ1) is 14.5. The Kier molecular flexibility index (Phi) is 4.09. The van der Waals surface area contributed by atoms with E-state index in [1.807, 2.05) is 0 Å². The molecule has 0 bridgehead atoms. The van der Waals surface area contributed by atoms with Crippen LogP contribution in [-0.2, 0) is 11.3 Å². The van der Waals surface area contributed by atoms with Crippen LogP contribution < -0.4 is 10.9 Å². The second-order valence-corrected chi connectivity index (χ2v) is 5.35. The van der Waals surface area contributed by atoms with Crippen LogP contribution in [0.15, 0.2) is 16.1 Å². The van der Waals surface area contributed by atoms with Crippen molar-refractivity contribution in [1.29, 1.82) is 0 Å². The van der Waals surface area contributed by atoms with Gasteiger partial charge in [-0.15, -0.1) is 0 Å². The lowest BCUT2D eigenvalue weighted by molar-refractivity contribution is -0.141. The van der Waals surface area contributed by atoms with E-state index < -0.39 is 29.6 Å². The van der Waals surface area contributed by atoms with Crippen molar-refractivity contribution >= 4 is 23.6 Å². The van der Waals surface area contributed by atoms with Gasteiger partial charge in [-0.2, -0.15) is 0 Å². The van der Waals surface area contributed by atoms with Gasteiger partial charge in [-0.3, -0.25) is 14.2 Å². The van der Waals surface area contributed by atoms with Crippen LogP contribution in [0.25, 0.3) is 0 Å². The number of fused-ring (bicyclic) bond motifs is 1. The Morgan fingerprint density at radius 1 is 1.55 bits per heavy atom. The lowest BCUT2D eigenvalue weighted by Crippen LogP contribution is -2.49. The Morgan fingerprint density at radius 3 is 2.85 bits per heavy atom. The number of aromatic nitrogens is 2. The summed E-state index contributed by atoms with van der Waals surface area (Å²) in [5, 5.41) is 20.8. The number of nitrogens with one attached hydrogen (secondary N) is 1. The number of carbonyl (C=O) groups excluding carboxylic acids is 1. The number of amides is 1. The molecule has 0 saturated heterocycles. The Morgan fingerprint density at radius 2 is 2.25 bits per heavy atom. The summed E-state index contributed by atoms with van der Waals surface area (Å²) >= 11 is 1.41. The minimum Gasteiger partial charge on any atom is -0.480 e. The molecule has 0 unspecified atom stereocenters. The van der Waals surface area contributed by atoms with E-state index in [1.165, 1.54) is 23.3 Å². The molecule has 0 fully saturated rings. The lowest BCUT2D eigenvalue weighted by atomic mass is 10.1. The topological polar surface area (TPSA) is 122 Å². The number of thioether (sulfide) groups is 1. The molecule has 8 nitrogen and oxygen atoms in total. The summed E-state index contributed by atoms with van der Waals surface area (Å²) in [6.07, 6.45) is -0.153. The molecule has 2 atom stereocenters. The van der Waals surface area contributed by atoms with Gasteiger partial charge in [0.1, 0.15) is 5.56 Å². The van der Waals surface area contributed by atoms with Gasteiger partial charge in [0.2, 0.25) is 0 Å². The van der Waals surface area contributed by atoms with Gasteiger partial charge < -0.3 is 15.5 Å². The number of hydrogen-bond donors (Lipinski definition) is 3. The molecule has 0 aromatic carbocycles. The highest BCUT2D eigenvalue weighted by molar-refractivity contribution is 7.99. The smallest absolute Gasteiger partial charge is 0.328 e. The normalized spacial score (nSPS) is 16.3. The number of aliphatic hydroxyl groups is 1. The van der Waals surface area contributed by atoms with Gasteiger partial charge in [0, 0.05) is 18.5 Å². The Balaban J connectivity index is 2.26. The Hall–Kier alpha value is -1.87. The number of hydrogen-bond acceptors (Lipinski definition) is 6. The number of nitrogens with zero attached hydrogens (tertiary/aromatic N) is 2. The molecular weight excluding hydrogens is 286 g/mol. The van der Waals surface area contributed by atoms with Crippen molar-refractivity contribution in [3.8, 4) is 0 Å². The van der Waals surface area contributed by atoms with Crippen molar-refractivity contribution < 1.29 is 19.8 Å². The molecule has 0 spiro atoms. The van der Waals surface area contributed by atoms with Crippen molar-refractivity contribution in [1.82, 2.24) is 14.9 Å². The summed E-state index contributed by atoms with van der Waals surface area (Å²) in [7, 11) is 0. The van der Waals surface area contributed by atoms with Crippen molar-refractivity contribution in [3.05, 3.63) is 22.1 Å². The maximum absolute atomic E-state index is 12.1. The highest BCUT2D eigenvalue weighted by atomic mass is 32.2. The van der Waals surface area contributed by atoms with Gasteiger partial charge >= 0.3 is 5.97 Å². The van der Waals surface area contributed by atoms with Crippen LogP contribution in [0.2, 0.25) is 0 Å². The van der Waals surface area contributed by atoms with E-state index in [0.29, 0.717) is 17.5 Å². The Bertz CT molecular complexity index is 613. The first-order valence-electron chi connectivity index (χ1n) is 5.86. The second kappa shape index (κ2) is 5.63. The van der Waals surface area contributed by atoms with Crippen LogP contribution in [0.5, 0.6) is 0 Å². The molecule has 20 heavy (non-hydrogen) atoms. The zero-order valence-corrected chi connectivity index (χ0v) is 11.4. The number of carboxylic acid groups (broad SMARTS) is 1. The van der Waals surface area contributed by atoms with Crippen LogP contribution >= 0.6 is 11.8 Å². The summed E-state index contributed by atoms with van der Waals surface area (Å²) in [5.74, 6) is -1.53. The molecule has 0 radical (unpaired) electrons. The van der Waals surface area contributed by atoms with Crippen LogP contribution in [0.4, 0.5) is 0 Å².